The summed E-state index contributed by atoms with van der Waals surface area (Å²) in [4.78, 5) is 23.8. The van der Waals surface area contributed by atoms with E-state index in [-0.39, 0.29) is 6.54 Å². The van der Waals surface area contributed by atoms with Crippen LogP contribution in [0.3, 0.4) is 0 Å². The van der Waals surface area contributed by atoms with Crippen molar-refractivity contribution < 1.29 is 27.5 Å². The van der Waals surface area contributed by atoms with Gasteiger partial charge in [-0.2, -0.15) is 13.2 Å². The molecule has 1 aromatic carbocycles. The first-order valence-electron chi connectivity index (χ1n) is 7.31. The van der Waals surface area contributed by atoms with E-state index in [0.29, 0.717) is 23.3 Å². The van der Waals surface area contributed by atoms with Gasteiger partial charge in [-0.15, -0.1) is 0 Å². The molecule has 0 radical (unpaired) electrons. The molecule has 0 spiro atoms. The number of ether oxygens (including phenoxy) is 1. The van der Waals surface area contributed by atoms with Gasteiger partial charge in [0.25, 0.3) is 0 Å². The number of halogens is 4. The molecule has 3 rings (SSSR count). The van der Waals surface area contributed by atoms with Crippen LogP contribution in [0.25, 0.3) is 0 Å². The maximum atomic E-state index is 13.2. The molecular formula is C15H14BrF3N2O3. The molecule has 1 saturated heterocycles. The number of benzene rings is 1. The van der Waals surface area contributed by atoms with Crippen LogP contribution in [0, 0.1) is 0 Å². The van der Waals surface area contributed by atoms with Crippen molar-refractivity contribution in [2.24, 2.45) is 0 Å². The summed E-state index contributed by atoms with van der Waals surface area (Å²) in [6.07, 6.45) is -5.00. The monoisotopic (exact) mass is 406 g/mol. The normalized spacial score (nSPS) is 28.9. The summed E-state index contributed by atoms with van der Waals surface area (Å²) in [6.45, 7) is -0.313. The van der Waals surface area contributed by atoms with E-state index >= 15 is 0 Å². The molecule has 1 heterocycles. The van der Waals surface area contributed by atoms with Crippen molar-refractivity contribution in [3.05, 3.63) is 35.9 Å². The molecule has 0 bridgehead atoms. The van der Waals surface area contributed by atoms with Crippen LogP contribution in [0.15, 0.2) is 30.3 Å². The summed E-state index contributed by atoms with van der Waals surface area (Å²) in [5, 5.41) is 2.51. The van der Waals surface area contributed by atoms with Gasteiger partial charge in [0.1, 0.15) is 0 Å². The van der Waals surface area contributed by atoms with Crippen molar-refractivity contribution in [3.63, 3.8) is 0 Å². The van der Waals surface area contributed by atoms with Crippen molar-refractivity contribution in [3.8, 4) is 0 Å². The molecule has 1 aliphatic heterocycles. The number of hydrogen-bond donors (Lipinski definition) is 1. The first-order chi connectivity index (χ1) is 11.2. The van der Waals surface area contributed by atoms with E-state index in [1.165, 1.54) is 0 Å². The fourth-order valence-electron chi connectivity index (χ4n) is 3.26. The Morgan fingerprint density at radius 2 is 2.00 bits per heavy atom. The van der Waals surface area contributed by atoms with Crippen LogP contribution in [0.2, 0.25) is 0 Å². The molecule has 1 N–H and O–H groups in total. The van der Waals surface area contributed by atoms with Gasteiger partial charge in [-0.1, -0.05) is 46.3 Å². The molecule has 130 valence electrons. The molecule has 24 heavy (non-hydrogen) atoms. The van der Waals surface area contributed by atoms with Crippen LogP contribution in [-0.4, -0.2) is 39.7 Å². The van der Waals surface area contributed by atoms with Gasteiger partial charge in [-0.05, 0) is 18.4 Å². The predicted molar refractivity (Wildman–Crippen MR) is 81.1 cm³/mol. The Morgan fingerprint density at radius 3 is 2.62 bits per heavy atom. The maximum Gasteiger partial charge on any atom is 0.471 e. The number of carbonyl (C=O) groups is 2. The lowest BCUT2D eigenvalue weighted by atomic mass is 10.0. The second kappa shape index (κ2) is 5.94. The fraction of sp³-hybridized carbons (Fsp3) is 0.467. The van der Waals surface area contributed by atoms with E-state index < -0.39 is 34.8 Å². The Kier molecular flexibility index (Phi) is 4.23. The summed E-state index contributed by atoms with van der Waals surface area (Å²) in [5.74, 6) is -2.03. The standard InChI is InChI=1S/C15H14BrF3N2O3/c16-10-6-7-11-14(10,24-13(23)20-11)21(12(22)15(17,18)19)8-9-4-2-1-3-5-9/h1-5,10-11H,6-8H2,(H,20,23)/t10-,11-,14+/m0/s1. The third-order valence-electron chi connectivity index (χ3n) is 4.30. The van der Waals surface area contributed by atoms with Gasteiger partial charge >= 0.3 is 18.2 Å². The molecule has 1 aromatic rings. The second-order valence-electron chi connectivity index (χ2n) is 5.76. The number of nitrogens with one attached hydrogen (secondary N) is 1. The lowest BCUT2D eigenvalue weighted by Crippen LogP contribution is -2.62. The Morgan fingerprint density at radius 1 is 1.33 bits per heavy atom. The summed E-state index contributed by atoms with van der Waals surface area (Å²) in [5.41, 5.74) is -1.18. The summed E-state index contributed by atoms with van der Waals surface area (Å²) in [7, 11) is 0. The maximum absolute atomic E-state index is 13.2. The number of hydrogen-bond acceptors (Lipinski definition) is 3. The third-order valence-corrected chi connectivity index (χ3v) is 5.41. The van der Waals surface area contributed by atoms with E-state index in [1.54, 1.807) is 30.3 Å². The lowest BCUT2D eigenvalue weighted by molar-refractivity contribution is -0.205. The quantitative estimate of drug-likeness (QED) is 0.785. The predicted octanol–water partition coefficient (Wildman–Crippen LogP) is 2.94. The van der Waals surface area contributed by atoms with E-state index in [0.717, 1.165) is 0 Å². The van der Waals surface area contributed by atoms with Gasteiger partial charge < -0.3 is 10.1 Å². The van der Waals surface area contributed by atoms with Crippen LogP contribution in [-0.2, 0) is 16.1 Å². The molecule has 1 aliphatic carbocycles. The second-order valence-corrected chi connectivity index (χ2v) is 6.86. The first kappa shape index (κ1) is 17.1. The average molecular weight is 407 g/mol. The molecule has 9 heteroatoms. The van der Waals surface area contributed by atoms with Crippen LogP contribution in [0.4, 0.5) is 18.0 Å². The molecule has 2 amide bonds. The largest absolute Gasteiger partial charge is 0.471 e. The molecule has 5 nitrogen and oxygen atoms in total. The summed E-state index contributed by atoms with van der Waals surface area (Å²) < 4.78 is 44.7. The van der Waals surface area contributed by atoms with Crippen LogP contribution in [0.5, 0.6) is 0 Å². The van der Waals surface area contributed by atoms with Gasteiger partial charge in [0, 0.05) is 6.54 Å². The Balaban J connectivity index is 2.03. The van der Waals surface area contributed by atoms with Gasteiger partial charge in [-0.25, -0.2) is 4.79 Å². The number of nitrogens with zero attached hydrogens (tertiary/aromatic N) is 1. The smallest absolute Gasteiger partial charge is 0.419 e. The number of alkyl halides is 4. The third kappa shape index (κ3) is 2.74. The molecule has 0 unspecified atom stereocenters. The highest BCUT2D eigenvalue weighted by Crippen LogP contribution is 2.46. The minimum absolute atomic E-state index is 0.313. The summed E-state index contributed by atoms with van der Waals surface area (Å²) >= 11 is 3.30. The van der Waals surface area contributed by atoms with Crippen LogP contribution in [0.1, 0.15) is 18.4 Å². The van der Waals surface area contributed by atoms with Crippen molar-refractivity contribution in [2.75, 3.05) is 0 Å². The first-order valence-corrected chi connectivity index (χ1v) is 8.23. The number of carbonyl (C=O) groups excluding carboxylic acids is 2. The molecule has 2 aliphatic rings. The number of amides is 2. The zero-order valence-electron chi connectivity index (χ0n) is 12.3. The van der Waals surface area contributed by atoms with Crippen molar-refractivity contribution >= 4 is 27.9 Å². The van der Waals surface area contributed by atoms with Gasteiger partial charge in [0.2, 0.25) is 5.72 Å². The minimum atomic E-state index is -5.07. The van der Waals surface area contributed by atoms with Gasteiger partial charge in [0.15, 0.2) is 0 Å². The molecule has 1 saturated carbocycles. The Bertz CT molecular complexity index is 655. The fourth-order valence-corrected chi connectivity index (χ4v) is 4.19. The van der Waals surface area contributed by atoms with E-state index in [9.17, 15) is 22.8 Å². The topological polar surface area (TPSA) is 58.6 Å². The van der Waals surface area contributed by atoms with Crippen LogP contribution >= 0.6 is 15.9 Å². The van der Waals surface area contributed by atoms with Gasteiger partial charge in [-0.3, -0.25) is 9.69 Å². The summed E-state index contributed by atoms with van der Waals surface area (Å²) in [6, 6.07) is 7.60. The van der Waals surface area contributed by atoms with E-state index in [1.807, 2.05) is 0 Å². The number of alkyl carbamates (subject to hydrolysis) is 1. The highest BCUT2D eigenvalue weighted by molar-refractivity contribution is 9.09. The lowest BCUT2D eigenvalue weighted by Gasteiger charge is -2.41. The minimum Gasteiger partial charge on any atom is -0.419 e. The van der Waals surface area contributed by atoms with E-state index in [2.05, 4.69) is 21.2 Å². The Hall–Kier alpha value is -1.77. The highest BCUT2D eigenvalue weighted by atomic mass is 79.9. The molecular weight excluding hydrogens is 393 g/mol. The zero-order valence-corrected chi connectivity index (χ0v) is 13.9. The molecule has 2 fully saturated rings. The average Bonchev–Trinajstić information content (AvgIpc) is 3.01. The number of rotatable bonds is 3. The van der Waals surface area contributed by atoms with Crippen molar-refractivity contribution in [1.29, 1.82) is 0 Å². The van der Waals surface area contributed by atoms with Crippen LogP contribution < -0.4 is 5.32 Å². The zero-order chi connectivity index (χ0) is 17.5. The molecule has 0 aromatic heterocycles. The van der Waals surface area contributed by atoms with Gasteiger partial charge in [0.05, 0.1) is 10.9 Å². The van der Waals surface area contributed by atoms with Crippen molar-refractivity contribution in [2.45, 2.75) is 42.2 Å². The highest BCUT2D eigenvalue weighted by Gasteiger charge is 2.65. The van der Waals surface area contributed by atoms with Crippen molar-refractivity contribution in [1.82, 2.24) is 10.2 Å². The number of fused-ring (bicyclic) bond motifs is 1. The SMILES string of the molecule is O=C1N[C@H]2CC[C@H](Br)[C@@]2(N(Cc2ccccc2)C(=O)C(F)(F)F)O1. The molecule has 3 atom stereocenters. The Labute approximate surface area is 144 Å². The van der Waals surface area contributed by atoms with E-state index in [4.69, 9.17) is 4.74 Å².